The van der Waals surface area contributed by atoms with E-state index in [0.29, 0.717) is 10.9 Å². The minimum Gasteiger partial charge on any atom is -0.484 e. The van der Waals surface area contributed by atoms with E-state index in [-0.39, 0.29) is 18.1 Å². The average Bonchev–Trinajstić information content (AvgIpc) is 2.32. The van der Waals surface area contributed by atoms with E-state index in [1.165, 1.54) is 0 Å². The van der Waals surface area contributed by atoms with Crippen LogP contribution in [0.5, 0.6) is 5.75 Å². The van der Waals surface area contributed by atoms with E-state index < -0.39 is 0 Å². The SMILES string of the molecule is Cc1cccc(OCC(=O)NNC(=S)NC(C)(C)C)c1. The molecule has 0 saturated heterocycles. The number of hydrogen-bond acceptors (Lipinski definition) is 3. The van der Waals surface area contributed by atoms with Crippen molar-refractivity contribution >= 4 is 23.2 Å². The van der Waals surface area contributed by atoms with Crippen LogP contribution in [0.25, 0.3) is 0 Å². The van der Waals surface area contributed by atoms with Gasteiger partial charge in [0.1, 0.15) is 5.75 Å². The summed E-state index contributed by atoms with van der Waals surface area (Å²) in [5.41, 5.74) is 6.02. The third-order valence-corrected chi connectivity index (χ3v) is 2.37. The van der Waals surface area contributed by atoms with Gasteiger partial charge < -0.3 is 10.1 Å². The zero-order chi connectivity index (χ0) is 15.2. The largest absolute Gasteiger partial charge is 0.484 e. The molecular weight excluding hydrogens is 274 g/mol. The first-order valence-electron chi connectivity index (χ1n) is 6.33. The number of nitrogens with one attached hydrogen (secondary N) is 3. The van der Waals surface area contributed by atoms with Gasteiger partial charge in [0.2, 0.25) is 0 Å². The molecule has 0 spiro atoms. The second kappa shape index (κ2) is 7.09. The van der Waals surface area contributed by atoms with E-state index in [4.69, 9.17) is 17.0 Å². The molecule has 0 unspecified atom stereocenters. The summed E-state index contributed by atoms with van der Waals surface area (Å²) in [6.45, 7) is 7.82. The van der Waals surface area contributed by atoms with E-state index >= 15 is 0 Å². The molecule has 1 rings (SSSR count). The fourth-order valence-electron chi connectivity index (χ4n) is 1.39. The van der Waals surface area contributed by atoms with E-state index in [9.17, 15) is 4.79 Å². The highest BCUT2D eigenvalue weighted by Gasteiger charge is 2.11. The first-order valence-corrected chi connectivity index (χ1v) is 6.73. The van der Waals surface area contributed by atoms with Crippen molar-refractivity contribution in [3.63, 3.8) is 0 Å². The molecule has 0 heterocycles. The Morgan fingerprint density at radius 2 is 2.00 bits per heavy atom. The van der Waals surface area contributed by atoms with Gasteiger partial charge in [-0.2, -0.15) is 0 Å². The maximum absolute atomic E-state index is 11.6. The molecule has 0 atom stereocenters. The van der Waals surface area contributed by atoms with Crippen molar-refractivity contribution in [1.29, 1.82) is 0 Å². The van der Waals surface area contributed by atoms with Crippen molar-refractivity contribution < 1.29 is 9.53 Å². The maximum atomic E-state index is 11.6. The van der Waals surface area contributed by atoms with Crippen molar-refractivity contribution in [3.8, 4) is 5.75 Å². The maximum Gasteiger partial charge on any atom is 0.276 e. The number of ether oxygens (including phenoxy) is 1. The molecular formula is C14H21N3O2S. The number of thiocarbonyl (C=S) groups is 1. The van der Waals surface area contributed by atoms with Crippen molar-refractivity contribution in [2.24, 2.45) is 0 Å². The Kier molecular flexibility index (Phi) is 5.76. The number of rotatable bonds is 3. The topological polar surface area (TPSA) is 62.4 Å². The molecule has 1 aromatic carbocycles. The van der Waals surface area contributed by atoms with Gasteiger partial charge in [0, 0.05) is 5.54 Å². The van der Waals surface area contributed by atoms with Crippen molar-refractivity contribution in [2.45, 2.75) is 33.2 Å². The number of aryl methyl sites for hydroxylation is 1. The van der Waals surface area contributed by atoms with Crippen LogP contribution >= 0.6 is 12.2 Å². The van der Waals surface area contributed by atoms with Crippen molar-refractivity contribution in [2.75, 3.05) is 6.61 Å². The molecule has 0 aliphatic rings. The lowest BCUT2D eigenvalue weighted by molar-refractivity contribution is -0.123. The predicted octanol–water partition coefficient (Wildman–Crippen LogP) is 1.67. The van der Waals surface area contributed by atoms with Crippen LogP contribution in [0.3, 0.4) is 0 Å². The Balaban J connectivity index is 2.29. The standard InChI is InChI=1S/C14H21N3O2S/c1-10-6-5-7-11(8-10)19-9-12(18)16-17-13(20)15-14(2,3)4/h5-8H,9H2,1-4H3,(H,16,18)(H2,15,17,20). The quantitative estimate of drug-likeness (QED) is 0.585. The van der Waals surface area contributed by atoms with Crippen LogP contribution in [0.4, 0.5) is 0 Å². The Morgan fingerprint density at radius 3 is 2.60 bits per heavy atom. The number of benzene rings is 1. The van der Waals surface area contributed by atoms with Crippen molar-refractivity contribution in [3.05, 3.63) is 29.8 Å². The Morgan fingerprint density at radius 1 is 1.30 bits per heavy atom. The van der Waals surface area contributed by atoms with Crippen LogP contribution in [0.15, 0.2) is 24.3 Å². The van der Waals surface area contributed by atoms with Gasteiger partial charge in [-0.05, 0) is 57.6 Å². The van der Waals surface area contributed by atoms with Gasteiger partial charge in [-0.1, -0.05) is 12.1 Å². The fourth-order valence-corrected chi connectivity index (χ4v) is 1.75. The second-order valence-electron chi connectivity index (χ2n) is 5.48. The zero-order valence-corrected chi connectivity index (χ0v) is 13.1. The fraction of sp³-hybridized carbons (Fsp3) is 0.429. The third-order valence-electron chi connectivity index (χ3n) is 2.16. The molecule has 20 heavy (non-hydrogen) atoms. The molecule has 6 heteroatoms. The summed E-state index contributed by atoms with van der Waals surface area (Å²) >= 11 is 5.04. The molecule has 0 bridgehead atoms. The van der Waals surface area contributed by atoms with Crippen molar-refractivity contribution in [1.82, 2.24) is 16.2 Å². The highest BCUT2D eigenvalue weighted by Crippen LogP contribution is 2.11. The molecule has 0 radical (unpaired) electrons. The first kappa shape index (κ1) is 16.2. The molecule has 1 amide bonds. The van der Waals surface area contributed by atoms with Gasteiger partial charge in [0.05, 0.1) is 0 Å². The summed E-state index contributed by atoms with van der Waals surface area (Å²) in [6, 6.07) is 7.51. The third kappa shape index (κ3) is 6.94. The van der Waals surface area contributed by atoms with Crippen LogP contribution in [0.2, 0.25) is 0 Å². The van der Waals surface area contributed by atoms with Gasteiger partial charge in [-0.15, -0.1) is 0 Å². The lowest BCUT2D eigenvalue weighted by atomic mass is 10.1. The van der Waals surface area contributed by atoms with Crippen LogP contribution in [0, 0.1) is 6.92 Å². The smallest absolute Gasteiger partial charge is 0.276 e. The average molecular weight is 295 g/mol. The van der Waals surface area contributed by atoms with Gasteiger partial charge in [-0.25, -0.2) is 0 Å². The Bertz CT molecular complexity index is 484. The van der Waals surface area contributed by atoms with Gasteiger partial charge in [-0.3, -0.25) is 15.6 Å². The normalized spacial score (nSPS) is 10.6. The van der Waals surface area contributed by atoms with E-state index in [1.807, 2.05) is 45.9 Å². The molecule has 1 aromatic rings. The van der Waals surface area contributed by atoms with E-state index in [2.05, 4.69) is 16.2 Å². The first-order chi connectivity index (χ1) is 9.26. The van der Waals surface area contributed by atoms with Crippen LogP contribution in [-0.4, -0.2) is 23.2 Å². The van der Waals surface area contributed by atoms with Gasteiger partial charge in [0.25, 0.3) is 5.91 Å². The molecule has 0 fully saturated rings. The van der Waals surface area contributed by atoms with E-state index in [1.54, 1.807) is 6.07 Å². The molecule has 0 aliphatic heterocycles. The number of amides is 1. The number of carbonyl (C=O) groups is 1. The summed E-state index contributed by atoms with van der Waals surface area (Å²) in [6.07, 6.45) is 0. The Labute approximate surface area is 125 Å². The van der Waals surface area contributed by atoms with Gasteiger partial charge >= 0.3 is 0 Å². The summed E-state index contributed by atoms with van der Waals surface area (Å²) in [5, 5.41) is 3.38. The summed E-state index contributed by atoms with van der Waals surface area (Å²) in [7, 11) is 0. The summed E-state index contributed by atoms with van der Waals surface area (Å²) in [4.78, 5) is 11.6. The molecule has 0 aromatic heterocycles. The highest BCUT2D eigenvalue weighted by atomic mass is 32.1. The number of hydrazine groups is 1. The van der Waals surface area contributed by atoms with Crippen LogP contribution in [0.1, 0.15) is 26.3 Å². The van der Waals surface area contributed by atoms with Crippen LogP contribution < -0.4 is 20.9 Å². The number of hydrogen-bond donors (Lipinski definition) is 3. The monoisotopic (exact) mass is 295 g/mol. The van der Waals surface area contributed by atoms with Gasteiger partial charge in [0.15, 0.2) is 11.7 Å². The lowest BCUT2D eigenvalue weighted by Gasteiger charge is -2.23. The molecule has 0 aliphatic carbocycles. The van der Waals surface area contributed by atoms with E-state index in [0.717, 1.165) is 5.56 Å². The lowest BCUT2D eigenvalue weighted by Crippen LogP contribution is -2.52. The highest BCUT2D eigenvalue weighted by molar-refractivity contribution is 7.80. The molecule has 5 nitrogen and oxygen atoms in total. The summed E-state index contributed by atoms with van der Waals surface area (Å²) < 4.78 is 5.37. The second-order valence-corrected chi connectivity index (χ2v) is 5.89. The minimum absolute atomic E-state index is 0.0748. The molecule has 0 saturated carbocycles. The Hall–Kier alpha value is -1.82. The number of carbonyl (C=O) groups excluding carboxylic acids is 1. The zero-order valence-electron chi connectivity index (χ0n) is 12.2. The predicted molar refractivity (Wildman–Crippen MR) is 83.4 cm³/mol. The molecule has 110 valence electrons. The minimum atomic E-state index is -0.301. The van der Waals surface area contributed by atoms with Crippen LogP contribution in [-0.2, 0) is 4.79 Å². The molecule has 3 N–H and O–H groups in total. The summed E-state index contributed by atoms with van der Waals surface area (Å²) in [5.74, 6) is 0.361.